The van der Waals surface area contributed by atoms with Gasteiger partial charge < -0.3 is 16.2 Å². The van der Waals surface area contributed by atoms with E-state index < -0.39 is 30.2 Å². The number of hydrogen-bond donors (Lipinski definition) is 3. The number of aryl methyl sites for hydroxylation is 2. The van der Waals surface area contributed by atoms with Crippen LogP contribution in [0.1, 0.15) is 24.0 Å². The normalized spacial score (nSPS) is 11.7. The van der Waals surface area contributed by atoms with Gasteiger partial charge in [0.1, 0.15) is 6.04 Å². The highest BCUT2D eigenvalue weighted by Gasteiger charge is 2.21. The molecule has 0 radical (unpaired) electrons. The highest BCUT2D eigenvalue weighted by molar-refractivity contribution is 5.88. The number of benzene rings is 1. The number of primary amides is 1. The molecule has 0 bridgehead atoms. The molecule has 4 N–H and O–H groups in total. The minimum Gasteiger partial charge on any atom is -0.480 e. The van der Waals surface area contributed by atoms with E-state index in [-0.39, 0.29) is 6.42 Å². The van der Waals surface area contributed by atoms with Gasteiger partial charge in [0.25, 0.3) is 0 Å². The number of carboxylic acid groups (broad SMARTS) is 1. The summed E-state index contributed by atoms with van der Waals surface area (Å²) in [5, 5.41) is 11.2. The molecular formula is C14H18N2O4. The van der Waals surface area contributed by atoms with Crippen LogP contribution in [0.25, 0.3) is 0 Å². The Morgan fingerprint density at radius 3 is 2.35 bits per heavy atom. The van der Waals surface area contributed by atoms with E-state index in [1.54, 1.807) is 0 Å². The van der Waals surface area contributed by atoms with Crippen molar-refractivity contribution in [2.24, 2.45) is 5.73 Å². The lowest BCUT2D eigenvalue weighted by atomic mass is 10.1. The maximum absolute atomic E-state index is 11.7. The Bertz CT molecular complexity index is 496. The highest BCUT2D eigenvalue weighted by Crippen LogP contribution is 2.06. The first-order chi connectivity index (χ1) is 9.38. The Labute approximate surface area is 117 Å². The summed E-state index contributed by atoms with van der Waals surface area (Å²) in [6.07, 6.45) is 0.256. The molecule has 0 saturated carbocycles. The fraction of sp³-hybridized carbons (Fsp3) is 0.357. The van der Waals surface area contributed by atoms with Gasteiger partial charge in [-0.3, -0.25) is 9.59 Å². The van der Waals surface area contributed by atoms with Gasteiger partial charge in [-0.15, -0.1) is 0 Å². The molecule has 0 heterocycles. The molecule has 0 aromatic heterocycles. The number of hydrogen-bond acceptors (Lipinski definition) is 3. The van der Waals surface area contributed by atoms with E-state index in [0.29, 0.717) is 6.42 Å². The number of rotatable bonds is 7. The van der Waals surface area contributed by atoms with Gasteiger partial charge in [-0.05, 0) is 18.9 Å². The quantitative estimate of drug-likeness (QED) is 0.669. The van der Waals surface area contributed by atoms with E-state index in [1.807, 2.05) is 31.2 Å². The Morgan fingerprint density at radius 2 is 1.85 bits per heavy atom. The van der Waals surface area contributed by atoms with E-state index in [4.69, 9.17) is 10.8 Å². The number of carbonyl (C=O) groups excluding carboxylic acids is 2. The Kier molecular flexibility index (Phi) is 5.71. The second-order valence-electron chi connectivity index (χ2n) is 4.61. The summed E-state index contributed by atoms with van der Waals surface area (Å²) in [6, 6.07) is 6.46. The molecule has 0 aliphatic rings. The number of amides is 2. The predicted octanol–water partition coefficient (Wildman–Crippen LogP) is 0.372. The molecule has 0 unspecified atom stereocenters. The van der Waals surface area contributed by atoms with Gasteiger partial charge in [-0.2, -0.15) is 0 Å². The van der Waals surface area contributed by atoms with Crippen LogP contribution in [-0.4, -0.2) is 28.9 Å². The van der Waals surface area contributed by atoms with Crippen LogP contribution in [0.15, 0.2) is 24.3 Å². The van der Waals surface area contributed by atoms with Crippen LogP contribution in [0.2, 0.25) is 0 Å². The maximum Gasteiger partial charge on any atom is 0.326 e. The summed E-state index contributed by atoms with van der Waals surface area (Å²) >= 11 is 0. The largest absolute Gasteiger partial charge is 0.480 e. The van der Waals surface area contributed by atoms with Crippen LogP contribution >= 0.6 is 0 Å². The van der Waals surface area contributed by atoms with Gasteiger partial charge >= 0.3 is 5.97 Å². The number of aliphatic carboxylic acids is 1. The third-order valence-electron chi connectivity index (χ3n) is 2.80. The lowest BCUT2D eigenvalue weighted by molar-refractivity contribution is -0.143. The number of carboxylic acids is 1. The topological polar surface area (TPSA) is 109 Å². The van der Waals surface area contributed by atoms with Crippen LogP contribution < -0.4 is 11.1 Å². The second-order valence-corrected chi connectivity index (χ2v) is 4.61. The van der Waals surface area contributed by atoms with Crippen LogP contribution in [0.5, 0.6) is 0 Å². The van der Waals surface area contributed by atoms with Crippen LogP contribution in [0, 0.1) is 6.92 Å². The maximum atomic E-state index is 11.7. The van der Waals surface area contributed by atoms with E-state index >= 15 is 0 Å². The first kappa shape index (κ1) is 15.7. The molecule has 2 amide bonds. The first-order valence-corrected chi connectivity index (χ1v) is 6.24. The Balaban J connectivity index is 2.47. The molecule has 0 spiro atoms. The lowest BCUT2D eigenvalue weighted by Crippen LogP contribution is -2.43. The zero-order chi connectivity index (χ0) is 15.1. The molecule has 20 heavy (non-hydrogen) atoms. The van der Waals surface area contributed by atoms with Crippen LogP contribution in [-0.2, 0) is 20.8 Å². The van der Waals surface area contributed by atoms with Crippen molar-refractivity contribution in [1.82, 2.24) is 5.32 Å². The van der Waals surface area contributed by atoms with E-state index in [9.17, 15) is 14.4 Å². The minimum absolute atomic E-state index is 0.158. The molecule has 108 valence electrons. The van der Waals surface area contributed by atoms with E-state index in [1.165, 1.54) is 0 Å². The van der Waals surface area contributed by atoms with Crippen molar-refractivity contribution in [2.75, 3.05) is 0 Å². The van der Waals surface area contributed by atoms with Gasteiger partial charge in [-0.25, -0.2) is 4.79 Å². The fourth-order valence-corrected chi connectivity index (χ4v) is 1.68. The van der Waals surface area contributed by atoms with Crippen molar-refractivity contribution >= 4 is 17.8 Å². The fourth-order valence-electron chi connectivity index (χ4n) is 1.68. The minimum atomic E-state index is -1.27. The summed E-state index contributed by atoms with van der Waals surface area (Å²) in [6.45, 7) is 1.97. The standard InChI is InChI=1S/C14H18N2O4/c1-9-2-4-10(5-3-9)6-7-13(18)16-11(14(19)20)8-12(15)17/h2-5,11H,6-8H2,1H3,(H2,15,17)(H,16,18)(H,19,20)/t11-/m0/s1. The molecule has 6 heteroatoms. The number of carbonyl (C=O) groups is 3. The van der Waals surface area contributed by atoms with Crippen molar-refractivity contribution in [2.45, 2.75) is 32.2 Å². The molecule has 6 nitrogen and oxygen atoms in total. The van der Waals surface area contributed by atoms with Crippen molar-refractivity contribution in [3.05, 3.63) is 35.4 Å². The Hall–Kier alpha value is -2.37. The number of nitrogens with one attached hydrogen (secondary N) is 1. The second kappa shape index (κ2) is 7.28. The molecule has 1 aromatic carbocycles. The zero-order valence-electron chi connectivity index (χ0n) is 11.3. The summed E-state index contributed by atoms with van der Waals surface area (Å²) in [4.78, 5) is 33.2. The highest BCUT2D eigenvalue weighted by atomic mass is 16.4. The zero-order valence-corrected chi connectivity index (χ0v) is 11.3. The third kappa shape index (κ3) is 5.51. The van der Waals surface area contributed by atoms with Gasteiger partial charge in [-0.1, -0.05) is 29.8 Å². The monoisotopic (exact) mass is 278 g/mol. The number of nitrogens with two attached hydrogens (primary N) is 1. The summed E-state index contributed by atoms with van der Waals surface area (Å²) in [5.41, 5.74) is 7.06. The molecule has 1 rings (SSSR count). The van der Waals surface area contributed by atoms with Gasteiger partial charge in [0.15, 0.2) is 0 Å². The van der Waals surface area contributed by atoms with Gasteiger partial charge in [0.05, 0.1) is 6.42 Å². The van der Waals surface area contributed by atoms with Crippen LogP contribution in [0.3, 0.4) is 0 Å². The summed E-state index contributed by atoms with van der Waals surface area (Å²) in [5.74, 6) is -2.46. The third-order valence-corrected chi connectivity index (χ3v) is 2.80. The smallest absolute Gasteiger partial charge is 0.326 e. The first-order valence-electron chi connectivity index (χ1n) is 6.24. The van der Waals surface area contributed by atoms with Crippen molar-refractivity contribution in [3.63, 3.8) is 0 Å². The molecule has 0 saturated heterocycles. The molecule has 0 aliphatic carbocycles. The summed E-state index contributed by atoms with van der Waals surface area (Å²) in [7, 11) is 0. The molecule has 1 aromatic rings. The van der Waals surface area contributed by atoms with E-state index in [0.717, 1.165) is 11.1 Å². The van der Waals surface area contributed by atoms with E-state index in [2.05, 4.69) is 5.32 Å². The van der Waals surface area contributed by atoms with Crippen LogP contribution in [0.4, 0.5) is 0 Å². The molecule has 1 atom stereocenters. The average molecular weight is 278 g/mol. The van der Waals surface area contributed by atoms with Crippen molar-refractivity contribution in [1.29, 1.82) is 0 Å². The predicted molar refractivity (Wildman–Crippen MR) is 72.9 cm³/mol. The van der Waals surface area contributed by atoms with Crippen molar-refractivity contribution in [3.8, 4) is 0 Å². The molecular weight excluding hydrogens is 260 g/mol. The SMILES string of the molecule is Cc1ccc(CCC(=O)N[C@@H](CC(N)=O)C(=O)O)cc1. The average Bonchev–Trinajstić information content (AvgIpc) is 2.36. The molecule has 0 fully saturated rings. The van der Waals surface area contributed by atoms with Crippen molar-refractivity contribution < 1.29 is 19.5 Å². The molecule has 0 aliphatic heterocycles. The summed E-state index contributed by atoms with van der Waals surface area (Å²) < 4.78 is 0. The lowest BCUT2D eigenvalue weighted by Gasteiger charge is -2.12. The Morgan fingerprint density at radius 1 is 1.25 bits per heavy atom. The van der Waals surface area contributed by atoms with Gasteiger partial charge in [0, 0.05) is 6.42 Å². The van der Waals surface area contributed by atoms with Gasteiger partial charge in [0.2, 0.25) is 11.8 Å².